The molecule has 20 heavy (non-hydrogen) atoms. The second-order valence-corrected chi connectivity index (χ2v) is 5.58. The molecule has 0 unspecified atom stereocenters. The van der Waals surface area contributed by atoms with Gasteiger partial charge in [-0.15, -0.1) is 0 Å². The van der Waals surface area contributed by atoms with Gasteiger partial charge in [-0.25, -0.2) is 4.39 Å². The Bertz CT molecular complexity index is 613. The van der Waals surface area contributed by atoms with Crippen molar-refractivity contribution in [2.24, 2.45) is 0 Å². The van der Waals surface area contributed by atoms with E-state index in [4.69, 9.17) is 0 Å². The van der Waals surface area contributed by atoms with Crippen molar-refractivity contribution < 1.29 is 9.18 Å². The summed E-state index contributed by atoms with van der Waals surface area (Å²) < 4.78 is 14.0. The molecule has 2 nitrogen and oxygen atoms in total. The molecule has 0 aliphatic rings. The lowest BCUT2D eigenvalue weighted by atomic mass is 10.1. The summed E-state index contributed by atoms with van der Waals surface area (Å²) in [6.45, 7) is 3.86. The topological polar surface area (TPSA) is 20.3 Å². The third-order valence-corrected chi connectivity index (χ3v) is 3.62. The van der Waals surface area contributed by atoms with Crippen LogP contribution in [0.25, 0.3) is 0 Å². The molecule has 2 rings (SSSR count). The molecule has 0 N–H and O–H groups in total. The molecule has 0 saturated carbocycles. The van der Waals surface area contributed by atoms with Crippen molar-refractivity contribution in [3.05, 3.63) is 64.4 Å². The van der Waals surface area contributed by atoms with E-state index in [1.54, 1.807) is 11.0 Å². The third-order valence-electron chi connectivity index (χ3n) is 2.93. The number of carbonyl (C=O) groups excluding carboxylic acids is 1. The predicted molar refractivity (Wildman–Crippen MR) is 82.5 cm³/mol. The van der Waals surface area contributed by atoms with Crippen LogP contribution < -0.4 is 4.90 Å². The number of nitrogens with zero attached hydrogens (tertiary/aromatic N) is 1. The van der Waals surface area contributed by atoms with Crippen molar-refractivity contribution in [1.82, 2.24) is 0 Å². The van der Waals surface area contributed by atoms with E-state index in [9.17, 15) is 9.18 Å². The maximum absolute atomic E-state index is 13.4. The van der Waals surface area contributed by atoms with E-state index in [0.29, 0.717) is 10.0 Å². The zero-order valence-corrected chi connectivity index (χ0v) is 12.9. The van der Waals surface area contributed by atoms with Crippen molar-refractivity contribution in [3.63, 3.8) is 0 Å². The Morgan fingerprint density at radius 2 is 1.80 bits per heavy atom. The number of hydrogen-bond donors (Lipinski definition) is 0. The summed E-state index contributed by atoms with van der Waals surface area (Å²) in [4.78, 5) is 14.3. The molecule has 104 valence electrons. The van der Waals surface area contributed by atoms with Crippen LogP contribution in [0.1, 0.15) is 24.2 Å². The second-order valence-electron chi connectivity index (χ2n) is 4.73. The minimum Gasteiger partial charge on any atom is -0.306 e. The van der Waals surface area contributed by atoms with Gasteiger partial charge in [0.1, 0.15) is 5.82 Å². The molecule has 0 bridgehead atoms. The molecule has 0 atom stereocenters. The molecule has 1 amide bonds. The SMILES string of the molecule is CC(C)N(C(=O)c1cc(F)ccc1Br)c1ccccc1. The summed E-state index contributed by atoms with van der Waals surface area (Å²) in [6, 6.07) is 13.5. The summed E-state index contributed by atoms with van der Waals surface area (Å²) in [5, 5.41) is 0. The lowest BCUT2D eigenvalue weighted by Crippen LogP contribution is -2.37. The summed E-state index contributed by atoms with van der Waals surface area (Å²) in [6.07, 6.45) is 0. The minimum atomic E-state index is -0.423. The van der Waals surface area contributed by atoms with E-state index < -0.39 is 5.82 Å². The molecule has 0 heterocycles. The summed E-state index contributed by atoms with van der Waals surface area (Å²) >= 11 is 3.31. The molecule has 2 aromatic rings. The predicted octanol–water partition coefficient (Wildman–Crippen LogP) is 4.64. The highest BCUT2D eigenvalue weighted by molar-refractivity contribution is 9.10. The molecule has 4 heteroatoms. The lowest BCUT2D eigenvalue weighted by Gasteiger charge is -2.27. The van der Waals surface area contributed by atoms with Gasteiger partial charge in [-0.1, -0.05) is 18.2 Å². The van der Waals surface area contributed by atoms with Gasteiger partial charge in [-0.05, 0) is 60.1 Å². The molecule has 0 saturated heterocycles. The fourth-order valence-corrected chi connectivity index (χ4v) is 2.45. The standard InChI is InChI=1S/C16H15BrFNO/c1-11(2)19(13-6-4-3-5-7-13)16(20)14-10-12(18)8-9-15(14)17/h3-11H,1-2H3. The number of anilines is 1. The Balaban J connectivity index is 2.45. The maximum atomic E-state index is 13.4. The fourth-order valence-electron chi connectivity index (χ4n) is 2.03. The number of amides is 1. The number of rotatable bonds is 3. The van der Waals surface area contributed by atoms with Crippen LogP contribution in [0.3, 0.4) is 0 Å². The summed E-state index contributed by atoms with van der Waals surface area (Å²) in [5.41, 5.74) is 1.12. The van der Waals surface area contributed by atoms with Gasteiger partial charge in [0.2, 0.25) is 0 Å². The summed E-state index contributed by atoms with van der Waals surface area (Å²) in [7, 11) is 0. The number of benzene rings is 2. The van der Waals surface area contributed by atoms with Gasteiger partial charge in [0.15, 0.2) is 0 Å². The van der Waals surface area contributed by atoms with Crippen molar-refractivity contribution in [1.29, 1.82) is 0 Å². The third kappa shape index (κ3) is 3.07. The van der Waals surface area contributed by atoms with E-state index in [1.807, 2.05) is 44.2 Å². The number of hydrogen-bond acceptors (Lipinski definition) is 1. The highest BCUT2D eigenvalue weighted by Gasteiger charge is 2.22. The van der Waals surface area contributed by atoms with Crippen LogP contribution in [-0.2, 0) is 0 Å². The molecule has 2 aromatic carbocycles. The van der Waals surface area contributed by atoms with Crippen LogP contribution in [0.4, 0.5) is 10.1 Å². The number of para-hydroxylation sites is 1. The van der Waals surface area contributed by atoms with Crippen LogP contribution in [0.15, 0.2) is 53.0 Å². The Kier molecular flexibility index (Phi) is 4.55. The van der Waals surface area contributed by atoms with Gasteiger partial charge in [-0.2, -0.15) is 0 Å². The van der Waals surface area contributed by atoms with Gasteiger partial charge < -0.3 is 4.90 Å². The Labute approximate surface area is 126 Å². The molecule has 0 spiro atoms. The van der Waals surface area contributed by atoms with Crippen molar-refractivity contribution in [2.75, 3.05) is 4.90 Å². The van der Waals surface area contributed by atoms with E-state index >= 15 is 0 Å². The summed E-state index contributed by atoms with van der Waals surface area (Å²) in [5.74, 6) is -0.647. The lowest BCUT2D eigenvalue weighted by molar-refractivity contribution is 0.0979. The first-order valence-electron chi connectivity index (χ1n) is 6.34. The highest BCUT2D eigenvalue weighted by Crippen LogP contribution is 2.24. The molecule has 0 aliphatic heterocycles. The zero-order chi connectivity index (χ0) is 14.7. The van der Waals surface area contributed by atoms with E-state index in [0.717, 1.165) is 5.69 Å². The molecular formula is C16H15BrFNO. The van der Waals surface area contributed by atoms with E-state index in [2.05, 4.69) is 15.9 Å². The normalized spacial score (nSPS) is 10.7. The first-order chi connectivity index (χ1) is 9.50. The van der Waals surface area contributed by atoms with Crippen LogP contribution in [0.5, 0.6) is 0 Å². The Morgan fingerprint density at radius 3 is 2.40 bits per heavy atom. The first-order valence-corrected chi connectivity index (χ1v) is 7.13. The van der Waals surface area contributed by atoms with Crippen molar-refractivity contribution in [3.8, 4) is 0 Å². The first kappa shape index (κ1) is 14.7. The molecule has 0 aliphatic carbocycles. The molecule has 0 fully saturated rings. The fraction of sp³-hybridized carbons (Fsp3) is 0.188. The van der Waals surface area contributed by atoms with Crippen LogP contribution in [-0.4, -0.2) is 11.9 Å². The molecule has 0 radical (unpaired) electrons. The van der Waals surface area contributed by atoms with Gasteiger partial charge in [0.05, 0.1) is 5.56 Å². The van der Waals surface area contributed by atoms with Crippen LogP contribution in [0.2, 0.25) is 0 Å². The van der Waals surface area contributed by atoms with Gasteiger partial charge in [0, 0.05) is 16.2 Å². The molecule has 0 aromatic heterocycles. The average Bonchev–Trinajstić information content (AvgIpc) is 2.42. The minimum absolute atomic E-state index is 0.0277. The van der Waals surface area contributed by atoms with Crippen LogP contribution in [0, 0.1) is 5.82 Å². The Morgan fingerprint density at radius 1 is 1.15 bits per heavy atom. The van der Waals surface area contributed by atoms with E-state index in [1.165, 1.54) is 12.1 Å². The average molecular weight is 336 g/mol. The van der Waals surface area contributed by atoms with Crippen molar-refractivity contribution >= 4 is 27.5 Å². The monoisotopic (exact) mass is 335 g/mol. The quantitative estimate of drug-likeness (QED) is 0.799. The van der Waals surface area contributed by atoms with E-state index in [-0.39, 0.29) is 11.9 Å². The number of halogens is 2. The smallest absolute Gasteiger partial charge is 0.259 e. The largest absolute Gasteiger partial charge is 0.306 e. The number of carbonyl (C=O) groups is 1. The molecular weight excluding hydrogens is 321 g/mol. The second kappa shape index (κ2) is 6.18. The zero-order valence-electron chi connectivity index (χ0n) is 11.3. The van der Waals surface area contributed by atoms with Gasteiger partial charge >= 0.3 is 0 Å². The highest BCUT2D eigenvalue weighted by atomic mass is 79.9. The van der Waals surface area contributed by atoms with Gasteiger partial charge in [-0.3, -0.25) is 4.79 Å². The van der Waals surface area contributed by atoms with Gasteiger partial charge in [0.25, 0.3) is 5.91 Å². The van der Waals surface area contributed by atoms with Crippen LogP contribution >= 0.6 is 15.9 Å². The Hall–Kier alpha value is -1.68. The van der Waals surface area contributed by atoms with Crippen molar-refractivity contribution in [2.45, 2.75) is 19.9 Å². The maximum Gasteiger partial charge on any atom is 0.259 e.